The van der Waals surface area contributed by atoms with Gasteiger partial charge in [-0.1, -0.05) is 30.3 Å². The molecule has 3 aromatic rings. The summed E-state index contributed by atoms with van der Waals surface area (Å²) in [6, 6.07) is 11.3. The molecule has 1 unspecified atom stereocenters. The van der Waals surface area contributed by atoms with Gasteiger partial charge >= 0.3 is 5.97 Å². The van der Waals surface area contributed by atoms with Crippen LogP contribution >= 0.6 is 0 Å². The molecule has 140 valence electrons. The Kier molecular flexibility index (Phi) is 5.21. The number of fused-ring (bicyclic) bond motifs is 1. The highest BCUT2D eigenvalue weighted by atomic mass is 16.5. The molecule has 0 aliphatic carbocycles. The van der Waals surface area contributed by atoms with Gasteiger partial charge in [0, 0.05) is 25.7 Å². The van der Waals surface area contributed by atoms with Crippen LogP contribution in [0.25, 0.3) is 11.0 Å². The predicted molar refractivity (Wildman–Crippen MR) is 101 cm³/mol. The van der Waals surface area contributed by atoms with Gasteiger partial charge in [0.25, 0.3) is 5.91 Å². The quantitative estimate of drug-likeness (QED) is 0.649. The predicted octanol–water partition coefficient (Wildman–Crippen LogP) is 2.65. The van der Waals surface area contributed by atoms with Crippen molar-refractivity contribution < 1.29 is 14.3 Å². The van der Waals surface area contributed by atoms with Crippen molar-refractivity contribution in [2.45, 2.75) is 19.9 Å². The number of rotatable bonds is 5. The van der Waals surface area contributed by atoms with E-state index in [1.165, 1.54) is 6.20 Å². The summed E-state index contributed by atoms with van der Waals surface area (Å²) in [4.78, 5) is 30.5. The number of carbonyl (C=O) groups excluding carboxylic acids is 2. The van der Waals surface area contributed by atoms with Crippen molar-refractivity contribution in [3.8, 4) is 0 Å². The minimum absolute atomic E-state index is 0.117. The Morgan fingerprint density at radius 1 is 1.26 bits per heavy atom. The standard InChI is InChI=1S/C20H22N4O3/c1-13-17-10-16(11-21-19(17)24(4)22-13)20(26)27-12-18(25)23(3)14(2)15-8-6-5-7-9-15/h5-11,14H,12H2,1-4H3. The van der Waals surface area contributed by atoms with Crippen LogP contribution in [0.2, 0.25) is 0 Å². The Hall–Kier alpha value is -3.22. The fraction of sp³-hybridized carbons (Fsp3) is 0.300. The molecule has 1 amide bonds. The monoisotopic (exact) mass is 366 g/mol. The first-order valence-corrected chi connectivity index (χ1v) is 8.65. The van der Waals surface area contributed by atoms with Gasteiger partial charge in [0.1, 0.15) is 0 Å². The smallest absolute Gasteiger partial charge is 0.340 e. The molecular weight excluding hydrogens is 344 g/mol. The van der Waals surface area contributed by atoms with Gasteiger partial charge in [-0.3, -0.25) is 9.48 Å². The SMILES string of the molecule is Cc1nn(C)c2ncc(C(=O)OCC(=O)N(C)C(C)c3ccccc3)cc12. The van der Waals surface area contributed by atoms with Gasteiger partial charge < -0.3 is 9.64 Å². The van der Waals surface area contributed by atoms with Crippen LogP contribution in [0.15, 0.2) is 42.6 Å². The van der Waals surface area contributed by atoms with Crippen LogP contribution < -0.4 is 0 Å². The zero-order valence-electron chi connectivity index (χ0n) is 15.8. The molecule has 1 aromatic carbocycles. The lowest BCUT2D eigenvalue weighted by molar-refractivity contribution is -0.135. The summed E-state index contributed by atoms with van der Waals surface area (Å²) in [6.07, 6.45) is 1.44. The molecule has 0 radical (unpaired) electrons. The second-order valence-electron chi connectivity index (χ2n) is 6.47. The fourth-order valence-electron chi connectivity index (χ4n) is 2.90. The van der Waals surface area contributed by atoms with E-state index in [2.05, 4.69) is 10.1 Å². The molecule has 3 rings (SSSR count). The van der Waals surface area contributed by atoms with E-state index < -0.39 is 5.97 Å². The number of hydrogen-bond acceptors (Lipinski definition) is 5. The number of aromatic nitrogens is 3. The fourth-order valence-corrected chi connectivity index (χ4v) is 2.90. The normalized spacial score (nSPS) is 12.0. The molecule has 0 aliphatic rings. The van der Waals surface area contributed by atoms with Crippen LogP contribution in [0.5, 0.6) is 0 Å². The highest BCUT2D eigenvalue weighted by Gasteiger charge is 2.20. The van der Waals surface area contributed by atoms with Crippen molar-refractivity contribution in [1.82, 2.24) is 19.7 Å². The van der Waals surface area contributed by atoms with Gasteiger partial charge in [-0.2, -0.15) is 5.10 Å². The molecule has 0 bridgehead atoms. The number of carbonyl (C=O) groups is 2. The maximum Gasteiger partial charge on any atom is 0.340 e. The first-order valence-electron chi connectivity index (χ1n) is 8.65. The largest absolute Gasteiger partial charge is 0.452 e. The van der Waals surface area contributed by atoms with Crippen LogP contribution in [0.1, 0.15) is 34.6 Å². The third-order valence-corrected chi connectivity index (χ3v) is 4.68. The second kappa shape index (κ2) is 7.57. The Morgan fingerprint density at radius 3 is 2.67 bits per heavy atom. The third kappa shape index (κ3) is 3.81. The Balaban J connectivity index is 1.64. The van der Waals surface area contributed by atoms with Crippen LogP contribution in [0.4, 0.5) is 0 Å². The lowest BCUT2D eigenvalue weighted by Gasteiger charge is -2.25. The summed E-state index contributed by atoms with van der Waals surface area (Å²) in [5.41, 5.74) is 2.78. The van der Waals surface area contributed by atoms with Crippen LogP contribution in [-0.2, 0) is 16.6 Å². The second-order valence-corrected chi connectivity index (χ2v) is 6.47. The first-order chi connectivity index (χ1) is 12.9. The molecule has 2 heterocycles. The first kappa shape index (κ1) is 18.6. The molecule has 0 aliphatic heterocycles. The van der Waals surface area contributed by atoms with Crippen molar-refractivity contribution >= 4 is 22.9 Å². The molecule has 27 heavy (non-hydrogen) atoms. The summed E-state index contributed by atoms with van der Waals surface area (Å²) < 4.78 is 6.85. The number of ether oxygens (including phenoxy) is 1. The van der Waals surface area contributed by atoms with Gasteiger partial charge in [0.05, 0.1) is 17.3 Å². The third-order valence-electron chi connectivity index (χ3n) is 4.68. The van der Waals surface area contributed by atoms with Crippen molar-refractivity contribution in [3.05, 3.63) is 59.4 Å². The average Bonchev–Trinajstić information content (AvgIpc) is 2.98. The summed E-state index contributed by atoms with van der Waals surface area (Å²) >= 11 is 0. The molecule has 1 atom stereocenters. The summed E-state index contributed by atoms with van der Waals surface area (Å²) in [5, 5.41) is 5.06. The highest BCUT2D eigenvalue weighted by molar-refractivity contribution is 5.94. The maximum atomic E-state index is 12.4. The zero-order valence-corrected chi connectivity index (χ0v) is 15.8. The molecular formula is C20H22N4O3. The summed E-state index contributed by atoms with van der Waals surface area (Å²) in [6.45, 7) is 3.46. The van der Waals surface area contributed by atoms with Crippen molar-refractivity contribution in [2.75, 3.05) is 13.7 Å². The highest BCUT2D eigenvalue weighted by Crippen LogP contribution is 2.19. The van der Waals surface area contributed by atoms with E-state index in [4.69, 9.17) is 4.74 Å². The van der Waals surface area contributed by atoms with E-state index in [9.17, 15) is 9.59 Å². The van der Waals surface area contributed by atoms with E-state index >= 15 is 0 Å². The molecule has 0 N–H and O–H groups in total. The molecule has 0 fully saturated rings. The number of pyridine rings is 1. The molecule has 0 saturated carbocycles. The number of nitrogens with zero attached hydrogens (tertiary/aromatic N) is 4. The average molecular weight is 366 g/mol. The van der Waals surface area contributed by atoms with E-state index in [0.29, 0.717) is 11.2 Å². The number of amides is 1. The lowest BCUT2D eigenvalue weighted by atomic mass is 10.1. The van der Waals surface area contributed by atoms with Gasteiger partial charge in [-0.25, -0.2) is 9.78 Å². The number of likely N-dealkylation sites (N-methyl/N-ethyl adjacent to an activating group) is 1. The summed E-state index contributed by atoms with van der Waals surface area (Å²) in [7, 11) is 3.49. The van der Waals surface area contributed by atoms with Crippen LogP contribution in [0, 0.1) is 6.92 Å². The van der Waals surface area contributed by atoms with E-state index in [1.54, 1.807) is 29.7 Å². The topological polar surface area (TPSA) is 77.3 Å². The van der Waals surface area contributed by atoms with Crippen molar-refractivity contribution in [1.29, 1.82) is 0 Å². The van der Waals surface area contributed by atoms with Gasteiger partial charge in [0.15, 0.2) is 12.3 Å². The Labute approximate surface area is 157 Å². The minimum Gasteiger partial charge on any atom is -0.452 e. The van der Waals surface area contributed by atoms with E-state index in [-0.39, 0.29) is 18.6 Å². The number of esters is 1. The van der Waals surface area contributed by atoms with Gasteiger partial charge in [-0.05, 0) is 25.5 Å². The molecule has 2 aromatic heterocycles. The number of benzene rings is 1. The summed E-state index contributed by atoms with van der Waals surface area (Å²) in [5.74, 6) is -0.854. The van der Waals surface area contributed by atoms with Gasteiger partial charge in [0.2, 0.25) is 0 Å². The lowest BCUT2D eigenvalue weighted by Crippen LogP contribution is -2.33. The molecule has 0 spiro atoms. The van der Waals surface area contributed by atoms with Crippen molar-refractivity contribution in [2.24, 2.45) is 7.05 Å². The van der Waals surface area contributed by atoms with Gasteiger partial charge in [-0.15, -0.1) is 0 Å². The zero-order chi connectivity index (χ0) is 19.6. The van der Waals surface area contributed by atoms with E-state index in [1.807, 2.05) is 44.2 Å². The Morgan fingerprint density at radius 2 is 1.96 bits per heavy atom. The molecule has 7 nitrogen and oxygen atoms in total. The minimum atomic E-state index is -0.582. The van der Waals surface area contributed by atoms with E-state index in [0.717, 1.165) is 16.6 Å². The number of hydrogen-bond donors (Lipinski definition) is 0. The number of aryl methyl sites for hydroxylation is 2. The molecule has 7 heteroatoms. The maximum absolute atomic E-state index is 12.4. The Bertz CT molecular complexity index is 982. The van der Waals surface area contributed by atoms with Crippen molar-refractivity contribution in [3.63, 3.8) is 0 Å². The molecule has 0 saturated heterocycles. The van der Waals surface area contributed by atoms with Crippen LogP contribution in [-0.4, -0.2) is 45.2 Å². The van der Waals surface area contributed by atoms with Crippen LogP contribution in [0.3, 0.4) is 0 Å².